The predicted molar refractivity (Wildman–Crippen MR) is 79.7 cm³/mol. The van der Waals surface area contributed by atoms with Gasteiger partial charge >= 0.3 is 0 Å². The van der Waals surface area contributed by atoms with Crippen LogP contribution in [-0.4, -0.2) is 6.54 Å². The van der Waals surface area contributed by atoms with Crippen LogP contribution < -0.4 is 5.32 Å². The molecule has 1 heterocycles. The lowest BCUT2D eigenvalue weighted by Gasteiger charge is -2.19. The Balaban J connectivity index is 2.49. The average Bonchev–Trinajstić information content (AvgIpc) is 2.82. The van der Waals surface area contributed by atoms with E-state index in [2.05, 4.69) is 42.0 Å². The Morgan fingerprint density at radius 3 is 2.60 bits per heavy atom. The predicted octanol–water partition coefficient (Wildman–Crippen LogP) is 5.17. The summed E-state index contributed by atoms with van der Waals surface area (Å²) in [5.41, 5.74) is -0.0316. The van der Waals surface area contributed by atoms with Crippen molar-refractivity contribution < 1.29 is 13.2 Å². The third-order valence-corrected chi connectivity index (χ3v) is 3.91. The van der Waals surface area contributed by atoms with E-state index in [1.807, 2.05) is 0 Å². The van der Waals surface area contributed by atoms with Crippen LogP contribution in [0.2, 0.25) is 0 Å². The topological polar surface area (TPSA) is 25.2 Å². The van der Waals surface area contributed by atoms with Crippen LogP contribution >= 0.6 is 15.9 Å². The van der Waals surface area contributed by atoms with Gasteiger partial charge in [-0.3, -0.25) is 0 Å². The van der Waals surface area contributed by atoms with Gasteiger partial charge in [0.15, 0.2) is 11.4 Å². The molecule has 0 bridgehead atoms. The van der Waals surface area contributed by atoms with E-state index in [-0.39, 0.29) is 17.5 Å². The summed E-state index contributed by atoms with van der Waals surface area (Å²) in [6, 6.07) is 2.88. The molecule has 1 aromatic carbocycles. The van der Waals surface area contributed by atoms with Crippen molar-refractivity contribution >= 4 is 26.9 Å². The second kappa shape index (κ2) is 6.22. The van der Waals surface area contributed by atoms with Gasteiger partial charge in [-0.1, -0.05) is 20.8 Å². The van der Waals surface area contributed by atoms with Crippen LogP contribution in [0.1, 0.15) is 39.0 Å². The molecule has 1 unspecified atom stereocenters. The minimum absolute atomic E-state index is 0.0169. The molecule has 5 heteroatoms. The van der Waals surface area contributed by atoms with Crippen molar-refractivity contribution in [1.82, 2.24) is 5.32 Å². The second-order valence-electron chi connectivity index (χ2n) is 5.22. The van der Waals surface area contributed by atoms with Crippen LogP contribution in [0.5, 0.6) is 0 Å². The Bertz CT molecular complexity index is 609. The van der Waals surface area contributed by atoms with Gasteiger partial charge in [-0.05, 0) is 46.9 Å². The smallest absolute Gasteiger partial charge is 0.201 e. The molecule has 2 aromatic rings. The minimum atomic E-state index is -0.938. The lowest BCUT2D eigenvalue weighted by molar-refractivity contribution is 0.348. The molecule has 0 radical (unpaired) electrons. The lowest BCUT2D eigenvalue weighted by atomic mass is 10.0. The van der Waals surface area contributed by atoms with Gasteiger partial charge in [0.2, 0.25) is 5.82 Å². The van der Waals surface area contributed by atoms with Crippen molar-refractivity contribution in [2.75, 3.05) is 6.54 Å². The summed E-state index contributed by atoms with van der Waals surface area (Å²) >= 11 is 3.25. The maximum atomic E-state index is 13.8. The molecular formula is C15H18BrF2NO. The molecule has 1 N–H and O–H groups in total. The van der Waals surface area contributed by atoms with Crippen LogP contribution in [-0.2, 0) is 0 Å². The number of hydrogen-bond acceptors (Lipinski definition) is 2. The Morgan fingerprint density at radius 1 is 1.30 bits per heavy atom. The van der Waals surface area contributed by atoms with Crippen molar-refractivity contribution in [2.45, 2.75) is 33.2 Å². The number of halogens is 3. The Labute approximate surface area is 125 Å². The number of benzene rings is 1. The monoisotopic (exact) mass is 345 g/mol. The first-order chi connectivity index (χ1) is 9.45. The molecule has 1 aromatic heterocycles. The van der Waals surface area contributed by atoms with Gasteiger partial charge in [-0.2, -0.15) is 4.39 Å². The summed E-state index contributed by atoms with van der Waals surface area (Å²) in [5, 5.41) is 3.93. The highest BCUT2D eigenvalue weighted by atomic mass is 79.9. The second-order valence-corrected chi connectivity index (χ2v) is 6.08. The van der Waals surface area contributed by atoms with Crippen molar-refractivity contribution in [1.29, 1.82) is 0 Å². The highest BCUT2D eigenvalue weighted by molar-refractivity contribution is 9.10. The highest BCUT2D eigenvalue weighted by Gasteiger charge is 2.22. The number of furan rings is 1. The fourth-order valence-corrected chi connectivity index (χ4v) is 2.72. The fraction of sp³-hybridized carbons (Fsp3) is 0.467. The van der Waals surface area contributed by atoms with Crippen molar-refractivity contribution in [3.8, 4) is 0 Å². The number of hydrogen-bond donors (Lipinski definition) is 1. The molecule has 0 amide bonds. The molecule has 0 spiro atoms. The minimum Gasteiger partial charge on any atom is -0.456 e. The largest absolute Gasteiger partial charge is 0.456 e. The quantitative estimate of drug-likeness (QED) is 0.756. The van der Waals surface area contributed by atoms with Crippen molar-refractivity contribution in [3.05, 3.63) is 34.0 Å². The van der Waals surface area contributed by atoms with Crippen LogP contribution in [0, 0.1) is 17.6 Å². The van der Waals surface area contributed by atoms with Gasteiger partial charge in [0.05, 0.1) is 6.04 Å². The molecule has 110 valence electrons. The van der Waals surface area contributed by atoms with Gasteiger partial charge < -0.3 is 9.73 Å². The number of fused-ring (bicyclic) bond motifs is 1. The zero-order valence-corrected chi connectivity index (χ0v) is 13.4. The van der Waals surface area contributed by atoms with E-state index in [0.717, 1.165) is 19.0 Å². The van der Waals surface area contributed by atoms with Crippen LogP contribution in [0.3, 0.4) is 0 Å². The third kappa shape index (κ3) is 2.88. The van der Waals surface area contributed by atoms with Gasteiger partial charge in [0.1, 0.15) is 5.76 Å². The molecule has 2 nitrogen and oxygen atoms in total. The SMILES string of the molecule is CCCNC(c1cc2c(Br)cc(F)c(F)c2o1)C(C)C. The van der Waals surface area contributed by atoms with Crippen LogP contribution in [0.4, 0.5) is 8.78 Å². The summed E-state index contributed by atoms with van der Waals surface area (Å²) in [5.74, 6) is -0.928. The Hall–Kier alpha value is -0.940. The molecule has 20 heavy (non-hydrogen) atoms. The van der Waals surface area contributed by atoms with Crippen molar-refractivity contribution in [3.63, 3.8) is 0 Å². The van der Waals surface area contributed by atoms with Crippen molar-refractivity contribution in [2.24, 2.45) is 5.92 Å². The van der Waals surface area contributed by atoms with E-state index in [1.54, 1.807) is 6.07 Å². The molecule has 2 rings (SSSR count). The number of rotatable bonds is 5. The van der Waals surface area contributed by atoms with Crippen LogP contribution in [0.25, 0.3) is 11.0 Å². The zero-order chi connectivity index (χ0) is 14.9. The van der Waals surface area contributed by atoms with E-state index in [1.165, 1.54) is 0 Å². The average molecular weight is 346 g/mol. The molecule has 0 saturated carbocycles. The fourth-order valence-electron chi connectivity index (χ4n) is 2.23. The summed E-state index contributed by atoms with van der Waals surface area (Å²) < 4.78 is 33.3. The first kappa shape index (κ1) is 15.4. The first-order valence-corrected chi connectivity index (χ1v) is 7.55. The molecule has 0 aliphatic carbocycles. The highest BCUT2D eigenvalue weighted by Crippen LogP contribution is 2.34. The summed E-state index contributed by atoms with van der Waals surface area (Å²) in [4.78, 5) is 0. The summed E-state index contributed by atoms with van der Waals surface area (Å²) in [7, 11) is 0. The summed E-state index contributed by atoms with van der Waals surface area (Å²) in [6.45, 7) is 7.05. The molecular weight excluding hydrogens is 328 g/mol. The van der Waals surface area contributed by atoms with E-state index in [4.69, 9.17) is 4.42 Å². The van der Waals surface area contributed by atoms with E-state index in [0.29, 0.717) is 15.6 Å². The van der Waals surface area contributed by atoms with Gasteiger partial charge in [-0.25, -0.2) is 4.39 Å². The van der Waals surface area contributed by atoms with Crippen LogP contribution in [0.15, 0.2) is 21.0 Å². The van der Waals surface area contributed by atoms with E-state index in [9.17, 15) is 8.78 Å². The Morgan fingerprint density at radius 2 is 2.00 bits per heavy atom. The Kier molecular flexibility index (Phi) is 4.81. The molecule has 0 saturated heterocycles. The maximum absolute atomic E-state index is 13.8. The molecule has 1 atom stereocenters. The number of nitrogens with one attached hydrogen (secondary N) is 1. The normalized spacial score (nSPS) is 13.3. The van der Waals surface area contributed by atoms with E-state index < -0.39 is 11.6 Å². The zero-order valence-electron chi connectivity index (χ0n) is 11.8. The van der Waals surface area contributed by atoms with Gasteiger partial charge in [0.25, 0.3) is 0 Å². The molecule has 0 aliphatic rings. The molecule has 0 fully saturated rings. The van der Waals surface area contributed by atoms with E-state index >= 15 is 0 Å². The summed E-state index contributed by atoms with van der Waals surface area (Å²) in [6.07, 6.45) is 0.996. The maximum Gasteiger partial charge on any atom is 0.201 e. The lowest BCUT2D eigenvalue weighted by Crippen LogP contribution is -2.25. The first-order valence-electron chi connectivity index (χ1n) is 6.76. The van der Waals surface area contributed by atoms with Gasteiger partial charge in [0, 0.05) is 9.86 Å². The molecule has 0 aliphatic heterocycles. The third-order valence-electron chi connectivity index (χ3n) is 3.26. The van der Waals surface area contributed by atoms with Gasteiger partial charge in [-0.15, -0.1) is 0 Å². The standard InChI is InChI=1S/C15H18BrF2NO/c1-4-5-19-14(8(2)3)12-6-9-10(16)7-11(17)13(18)15(9)20-12/h6-8,14,19H,4-5H2,1-3H3.